The van der Waals surface area contributed by atoms with E-state index in [2.05, 4.69) is 4.98 Å². The molecule has 18 heavy (non-hydrogen) atoms. The molecule has 0 fully saturated rings. The van der Waals surface area contributed by atoms with E-state index in [-0.39, 0.29) is 0 Å². The molecule has 0 aliphatic heterocycles. The van der Waals surface area contributed by atoms with E-state index in [4.69, 9.17) is 4.74 Å². The van der Waals surface area contributed by atoms with E-state index in [0.29, 0.717) is 5.69 Å². The topological polar surface area (TPSA) is 43.6 Å². The van der Waals surface area contributed by atoms with Gasteiger partial charge in [0.25, 0.3) is 0 Å². The molecule has 1 aromatic carbocycles. The summed E-state index contributed by atoms with van der Waals surface area (Å²) in [6, 6.07) is 7.74. The lowest BCUT2D eigenvalue weighted by molar-refractivity contribution is 0.111. The number of ether oxygens (including phenoxy) is 1. The summed E-state index contributed by atoms with van der Waals surface area (Å²) in [5.41, 5.74) is 2.51. The smallest absolute Gasteiger partial charge is 0.194 e. The van der Waals surface area contributed by atoms with E-state index in [9.17, 15) is 4.79 Å². The van der Waals surface area contributed by atoms with Crippen molar-refractivity contribution in [2.75, 3.05) is 7.11 Å². The third-order valence-electron chi connectivity index (χ3n) is 2.76. The zero-order chi connectivity index (χ0) is 12.5. The van der Waals surface area contributed by atoms with Crippen molar-refractivity contribution in [2.45, 2.75) is 0 Å². The molecule has 0 aliphatic rings. The molecule has 0 amide bonds. The van der Waals surface area contributed by atoms with Gasteiger partial charge < -0.3 is 4.74 Å². The molecule has 0 saturated carbocycles. The molecule has 90 valence electrons. The minimum Gasteiger partial charge on any atom is -0.497 e. The summed E-state index contributed by atoms with van der Waals surface area (Å²) in [5, 5.41) is 1.99. The number of imidazole rings is 1. The van der Waals surface area contributed by atoms with Crippen LogP contribution in [0.15, 0.2) is 35.8 Å². The maximum Gasteiger partial charge on any atom is 0.194 e. The summed E-state index contributed by atoms with van der Waals surface area (Å²) in [7, 11) is 1.64. The fourth-order valence-corrected chi connectivity index (χ4v) is 2.78. The Kier molecular flexibility index (Phi) is 2.60. The number of fused-ring (bicyclic) bond motifs is 1. The third-order valence-corrected chi connectivity index (χ3v) is 3.60. The van der Waals surface area contributed by atoms with Crippen molar-refractivity contribution in [3.8, 4) is 17.0 Å². The molecule has 0 N–H and O–H groups in total. The predicted molar refractivity (Wildman–Crippen MR) is 70.4 cm³/mol. The molecule has 3 aromatic rings. The van der Waals surface area contributed by atoms with Crippen molar-refractivity contribution in [1.29, 1.82) is 0 Å². The van der Waals surface area contributed by atoms with Gasteiger partial charge in [-0.2, -0.15) is 0 Å². The molecule has 0 atom stereocenters. The number of carbonyl (C=O) groups is 1. The quantitative estimate of drug-likeness (QED) is 0.678. The molecule has 0 bridgehead atoms. The van der Waals surface area contributed by atoms with Gasteiger partial charge in [0.2, 0.25) is 0 Å². The molecule has 0 aliphatic carbocycles. The van der Waals surface area contributed by atoms with Gasteiger partial charge in [-0.15, -0.1) is 11.3 Å². The highest BCUT2D eigenvalue weighted by Gasteiger charge is 2.11. The first-order valence-electron chi connectivity index (χ1n) is 5.38. The summed E-state index contributed by atoms with van der Waals surface area (Å²) in [4.78, 5) is 16.0. The van der Waals surface area contributed by atoms with Crippen LogP contribution in [-0.4, -0.2) is 22.8 Å². The van der Waals surface area contributed by atoms with Crippen molar-refractivity contribution >= 4 is 22.6 Å². The first kappa shape index (κ1) is 11.0. The van der Waals surface area contributed by atoms with Crippen LogP contribution in [0.4, 0.5) is 0 Å². The molecule has 0 spiro atoms. The van der Waals surface area contributed by atoms with E-state index in [1.54, 1.807) is 13.3 Å². The fourth-order valence-electron chi connectivity index (χ4n) is 1.90. The first-order valence-corrected chi connectivity index (χ1v) is 6.26. The standard InChI is InChI=1S/C13H10N2O2S/c1-17-11-4-2-3-9(5-11)12-8-18-13-14-6-10(7-16)15(12)13/h2-8H,1H3. The van der Waals surface area contributed by atoms with E-state index >= 15 is 0 Å². The molecule has 0 unspecified atom stereocenters. The minimum atomic E-state index is 0.559. The molecular weight excluding hydrogens is 248 g/mol. The summed E-state index contributed by atoms with van der Waals surface area (Å²) in [6.07, 6.45) is 2.40. The molecule has 5 heteroatoms. The number of aldehydes is 1. The number of thiazole rings is 1. The Morgan fingerprint density at radius 2 is 2.33 bits per heavy atom. The van der Waals surface area contributed by atoms with Crippen LogP contribution in [0.25, 0.3) is 16.2 Å². The van der Waals surface area contributed by atoms with Gasteiger partial charge in [0.15, 0.2) is 11.2 Å². The van der Waals surface area contributed by atoms with Crippen molar-refractivity contribution in [3.05, 3.63) is 41.5 Å². The fraction of sp³-hybridized carbons (Fsp3) is 0.0769. The van der Waals surface area contributed by atoms with Gasteiger partial charge in [0.1, 0.15) is 11.4 Å². The molecule has 0 radical (unpaired) electrons. The molecular formula is C13H10N2O2S. The van der Waals surface area contributed by atoms with Crippen LogP contribution >= 0.6 is 11.3 Å². The number of benzene rings is 1. The van der Waals surface area contributed by atoms with E-state index < -0.39 is 0 Å². The lowest BCUT2D eigenvalue weighted by atomic mass is 10.1. The highest BCUT2D eigenvalue weighted by molar-refractivity contribution is 7.15. The van der Waals surface area contributed by atoms with Crippen LogP contribution in [0, 0.1) is 0 Å². The highest BCUT2D eigenvalue weighted by atomic mass is 32.1. The van der Waals surface area contributed by atoms with Crippen LogP contribution in [-0.2, 0) is 0 Å². The van der Waals surface area contributed by atoms with Crippen LogP contribution in [0.3, 0.4) is 0 Å². The number of aromatic nitrogens is 2. The Labute approximate surface area is 107 Å². The number of rotatable bonds is 3. The average molecular weight is 258 g/mol. The van der Waals surface area contributed by atoms with Crippen LogP contribution in [0.5, 0.6) is 5.75 Å². The van der Waals surface area contributed by atoms with Gasteiger partial charge in [-0.1, -0.05) is 12.1 Å². The number of carbonyl (C=O) groups excluding carboxylic acids is 1. The maximum absolute atomic E-state index is 11.0. The van der Waals surface area contributed by atoms with Crippen molar-refractivity contribution in [1.82, 2.24) is 9.38 Å². The van der Waals surface area contributed by atoms with E-state index in [1.165, 1.54) is 11.3 Å². The Balaban J connectivity index is 2.24. The second kappa shape index (κ2) is 4.27. The lowest BCUT2D eigenvalue weighted by Crippen LogP contribution is -1.92. The number of hydrogen-bond donors (Lipinski definition) is 0. The monoisotopic (exact) mass is 258 g/mol. The summed E-state index contributed by atoms with van der Waals surface area (Å²) < 4.78 is 7.07. The normalized spacial score (nSPS) is 10.7. The van der Waals surface area contributed by atoms with Crippen molar-refractivity contribution in [2.24, 2.45) is 0 Å². The number of nitrogens with zero attached hydrogens (tertiary/aromatic N) is 2. The SMILES string of the molecule is COc1cccc(-c2csc3ncc(C=O)n23)c1. The molecule has 0 saturated heterocycles. The van der Waals surface area contributed by atoms with Gasteiger partial charge in [-0.05, 0) is 12.1 Å². The Morgan fingerprint density at radius 3 is 3.11 bits per heavy atom. The maximum atomic E-state index is 11.0. The van der Waals surface area contributed by atoms with Gasteiger partial charge in [0, 0.05) is 10.9 Å². The van der Waals surface area contributed by atoms with E-state index in [1.807, 2.05) is 34.0 Å². The minimum absolute atomic E-state index is 0.559. The molecule has 3 rings (SSSR count). The van der Waals surface area contributed by atoms with Gasteiger partial charge in [0.05, 0.1) is 19.0 Å². The molecule has 2 aromatic heterocycles. The number of methoxy groups -OCH3 is 1. The zero-order valence-electron chi connectivity index (χ0n) is 9.66. The van der Waals surface area contributed by atoms with Gasteiger partial charge >= 0.3 is 0 Å². The second-order valence-corrected chi connectivity index (χ2v) is 4.61. The van der Waals surface area contributed by atoms with Gasteiger partial charge in [-0.3, -0.25) is 9.20 Å². The van der Waals surface area contributed by atoms with E-state index in [0.717, 1.165) is 28.3 Å². The van der Waals surface area contributed by atoms with Crippen LogP contribution < -0.4 is 4.74 Å². The average Bonchev–Trinajstić information content (AvgIpc) is 2.99. The first-order chi connectivity index (χ1) is 8.83. The summed E-state index contributed by atoms with van der Waals surface area (Å²) >= 11 is 1.51. The number of hydrogen-bond acceptors (Lipinski definition) is 4. The second-order valence-electron chi connectivity index (χ2n) is 3.77. The largest absolute Gasteiger partial charge is 0.497 e. The lowest BCUT2D eigenvalue weighted by Gasteiger charge is -2.04. The zero-order valence-corrected chi connectivity index (χ0v) is 10.5. The summed E-state index contributed by atoms with van der Waals surface area (Å²) in [5.74, 6) is 0.791. The van der Waals surface area contributed by atoms with Crippen LogP contribution in [0.1, 0.15) is 10.5 Å². The Morgan fingerprint density at radius 1 is 1.44 bits per heavy atom. The third kappa shape index (κ3) is 1.60. The molecule has 4 nitrogen and oxygen atoms in total. The van der Waals surface area contributed by atoms with Crippen molar-refractivity contribution in [3.63, 3.8) is 0 Å². The predicted octanol–water partition coefficient (Wildman–Crippen LogP) is 2.88. The van der Waals surface area contributed by atoms with Crippen LogP contribution in [0.2, 0.25) is 0 Å². The Bertz CT molecular complexity index is 715. The molecule has 2 heterocycles. The highest BCUT2D eigenvalue weighted by Crippen LogP contribution is 2.29. The summed E-state index contributed by atoms with van der Waals surface area (Å²) in [6.45, 7) is 0. The Hall–Kier alpha value is -2.14. The van der Waals surface area contributed by atoms with Crippen molar-refractivity contribution < 1.29 is 9.53 Å². The van der Waals surface area contributed by atoms with Gasteiger partial charge in [-0.25, -0.2) is 4.98 Å².